The zero-order valence-corrected chi connectivity index (χ0v) is 7.59. The molecule has 0 saturated carbocycles. The first-order valence-corrected chi connectivity index (χ1v) is 3.60. The predicted octanol–water partition coefficient (Wildman–Crippen LogP) is -1.22. The number of hydrogen-bond donors (Lipinski definition) is 2. The third kappa shape index (κ3) is 4.84. The summed E-state index contributed by atoms with van der Waals surface area (Å²) in [6, 6.07) is 0. The molecule has 2 N–H and O–H groups in total. The van der Waals surface area contributed by atoms with E-state index in [1.165, 1.54) is 0 Å². The zero-order valence-electron chi connectivity index (χ0n) is 7.59. The van der Waals surface area contributed by atoms with Crippen LogP contribution >= 0.6 is 0 Å². The van der Waals surface area contributed by atoms with E-state index >= 15 is 0 Å². The normalized spacial score (nSPS) is 10.4. The van der Waals surface area contributed by atoms with Crippen LogP contribution in [0, 0.1) is 0 Å². The molecule has 86 valence electrons. The van der Waals surface area contributed by atoms with Crippen LogP contribution < -0.4 is 10.7 Å². The minimum atomic E-state index is -5.06. The van der Waals surface area contributed by atoms with Gasteiger partial charge < -0.3 is 5.32 Å². The number of nitrogens with zero attached hydrogens (tertiary/aromatic N) is 1. The summed E-state index contributed by atoms with van der Waals surface area (Å²) < 4.78 is 35.4. The number of amides is 3. The van der Waals surface area contributed by atoms with Gasteiger partial charge in [-0.3, -0.25) is 19.8 Å². The molecule has 0 aliphatic heterocycles. The minimum absolute atomic E-state index is 0.00514. The van der Waals surface area contributed by atoms with Crippen molar-refractivity contribution in [3.05, 3.63) is 0 Å². The molecule has 0 aromatic rings. The Labute approximate surface area is 82.4 Å². The van der Waals surface area contributed by atoms with Crippen LogP contribution in [-0.4, -0.2) is 43.0 Å². The van der Waals surface area contributed by atoms with Gasteiger partial charge in [-0.05, 0) is 0 Å². The Hall–Kier alpha value is -1.80. The Morgan fingerprint density at radius 1 is 1.40 bits per heavy atom. The van der Waals surface area contributed by atoms with Crippen LogP contribution in [0.5, 0.6) is 0 Å². The Kier molecular flexibility index (Phi) is 4.55. The van der Waals surface area contributed by atoms with Gasteiger partial charge in [-0.15, -0.1) is 0 Å². The molecule has 15 heavy (non-hydrogen) atoms. The fourth-order valence-electron chi connectivity index (χ4n) is 0.602. The van der Waals surface area contributed by atoms with Crippen molar-refractivity contribution in [2.45, 2.75) is 6.18 Å². The first kappa shape index (κ1) is 13.2. The fraction of sp³-hybridized carbons (Fsp3) is 0.500. The smallest absolute Gasteiger partial charge is 0.350 e. The predicted molar refractivity (Wildman–Crippen MR) is 41.0 cm³/mol. The summed E-state index contributed by atoms with van der Waals surface area (Å²) in [7, 11) is 0.745. The van der Waals surface area contributed by atoms with E-state index in [0.717, 1.165) is 7.05 Å². The lowest BCUT2D eigenvalue weighted by molar-refractivity contribution is -0.187. The third-order valence-corrected chi connectivity index (χ3v) is 1.19. The minimum Gasteiger partial charge on any atom is -0.350 e. The van der Waals surface area contributed by atoms with Crippen LogP contribution in [0.1, 0.15) is 0 Å². The number of carbonyl (C=O) groups excluding carboxylic acids is 3. The SMILES string of the molecule is CN(NC(=O)CNC=O)C(=O)C(F)(F)F. The summed E-state index contributed by atoms with van der Waals surface area (Å²) in [4.78, 5) is 31.0. The summed E-state index contributed by atoms with van der Waals surface area (Å²) in [6.45, 7) is -0.515. The third-order valence-electron chi connectivity index (χ3n) is 1.19. The lowest BCUT2D eigenvalue weighted by Crippen LogP contribution is -2.50. The van der Waals surface area contributed by atoms with Crippen LogP contribution in [0.15, 0.2) is 0 Å². The first-order valence-electron chi connectivity index (χ1n) is 3.60. The highest BCUT2D eigenvalue weighted by Gasteiger charge is 2.41. The molecule has 0 atom stereocenters. The van der Waals surface area contributed by atoms with Gasteiger partial charge in [-0.25, -0.2) is 5.01 Å². The number of carbonyl (C=O) groups is 3. The maximum Gasteiger partial charge on any atom is 0.473 e. The van der Waals surface area contributed by atoms with Gasteiger partial charge in [0.15, 0.2) is 0 Å². The van der Waals surface area contributed by atoms with Crippen molar-refractivity contribution < 1.29 is 27.6 Å². The maximum absolute atomic E-state index is 11.8. The number of nitrogens with one attached hydrogen (secondary N) is 2. The van der Waals surface area contributed by atoms with Crippen molar-refractivity contribution in [1.29, 1.82) is 0 Å². The highest BCUT2D eigenvalue weighted by Crippen LogP contribution is 2.16. The molecule has 0 rings (SSSR count). The van der Waals surface area contributed by atoms with Gasteiger partial charge in [0.2, 0.25) is 6.41 Å². The van der Waals surface area contributed by atoms with Crippen LogP contribution in [0.2, 0.25) is 0 Å². The summed E-state index contributed by atoms with van der Waals surface area (Å²) in [5, 5.41) is 1.91. The molecule has 0 spiro atoms. The second kappa shape index (κ2) is 5.17. The first-order chi connectivity index (χ1) is 6.79. The monoisotopic (exact) mass is 227 g/mol. The van der Waals surface area contributed by atoms with Crippen molar-refractivity contribution >= 4 is 18.2 Å². The van der Waals surface area contributed by atoms with Crippen LogP contribution in [0.4, 0.5) is 13.2 Å². The molecular weight excluding hydrogens is 219 g/mol. The topological polar surface area (TPSA) is 78.5 Å². The van der Waals surface area contributed by atoms with E-state index in [9.17, 15) is 27.6 Å². The molecule has 0 unspecified atom stereocenters. The Morgan fingerprint density at radius 3 is 2.33 bits per heavy atom. The molecule has 0 fully saturated rings. The van der Waals surface area contributed by atoms with Crippen LogP contribution in [0.25, 0.3) is 0 Å². The lowest BCUT2D eigenvalue weighted by Gasteiger charge is -2.19. The van der Waals surface area contributed by atoms with Gasteiger partial charge in [0.25, 0.3) is 5.91 Å². The van der Waals surface area contributed by atoms with Crippen molar-refractivity contribution in [3.63, 3.8) is 0 Å². The standard InChI is InChI=1S/C6H8F3N3O3/c1-12(5(15)6(7,8)9)11-4(14)2-10-3-13/h3H,2H2,1H3,(H,10,13)(H,11,14). The van der Waals surface area contributed by atoms with Crippen LogP contribution in [0.3, 0.4) is 0 Å². The van der Waals surface area contributed by atoms with E-state index in [-0.39, 0.29) is 11.4 Å². The Morgan fingerprint density at radius 2 is 1.93 bits per heavy atom. The molecule has 0 radical (unpaired) electrons. The molecule has 0 aromatic heterocycles. The number of rotatable bonds is 3. The highest BCUT2D eigenvalue weighted by molar-refractivity contribution is 5.86. The second-order valence-electron chi connectivity index (χ2n) is 2.40. The van der Waals surface area contributed by atoms with E-state index in [1.54, 1.807) is 5.43 Å². The molecule has 6 nitrogen and oxygen atoms in total. The number of halogens is 3. The zero-order chi connectivity index (χ0) is 12.1. The van der Waals surface area contributed by atoms with Gasteiger partial charge in [0.05, 0.1) is 6.54 Å². The molecule has 0 aliphatic rings. The number of hydrazine groups is 1. The average molecular weight is 227 g/mol. The Bertz CT molecular complexity index is 266. The summed E-state index contributed by atoms with van der Waals surface area (Å²) in [6.07, 6.45) is -4.86. The largest absolute Gasteiger partial charge is 0.473 e. The van der Waals surface area contributed by atoms with E-state index in [0.29, 0.717) is 0 Å². The van der Waals surface area contributed by atoms with Gasteiger partial charge in [-0.1, -0.05) is 0 Å². The van der Waals surface area contributed by atoms with E-state index < -0.39 is 24.5 Å². The lowest BCUT2D eigenvalue weighted by atomic mass is 10.5. The molecule has 0 saturated heterocycles. The van der Waals surface area contributed by atoms with Crippen molar-refractivity contribution in [2.75, 3.05) is 13.6 Å². The molecule has 0 aliphatic carbocycles. The molecule has 0 heterocycles. The average Bonchev–Trinajstić information content (AvgIpc) is 2.11. The molecule has 0 bridgehead atoms. The quantitative estimate of drug-likeness (QED) is 0.468. The fourth-order valence-corrected chi connectivity index (χ4v) is 0.602. The van der Waals surface area contributed by atoms with Crippen molar-refractivity contribution in [3.8, 4) is 0 Å². The van der Waals surface area contributed by atoms with Gasteiger partial charge in [0.1, 0.15) is 0 Å². The summed E-state index contributed by atoms with van der Waals surface area (Å²) >= 11 is 0. The molecular formula is C6H8F3N3O3. The maximum atomic E-state index is 11.8. The van der Waals surface area contributed by atoms with Crippen LogP contribution in [-0.2, 0) is 14.4 Å². The van der Waals surface area contributed by atoms with Gasteiger partial charge in [-0.2, -0.15) is 13.2 Å². The molecule has 9 heteroatoms. The van der Waals surface area contributed by atoms with E-state index in [4.69, 9.17) is 0 Å². The number of hydrogen-bond acceptors (Lipinski definition) is 3. The Balaban J connectivity index is 4.13. The van der Waals surface area contributed by atoms with Gasteiger partial charge in [0, 0.05) is 7.05 Å². The second-order valence-corrected chi connectivity index (χ2v) is 2.40. The van der Waals surface area contributed by atoms with E-state index in [2.05, 4.69) is 0 Å². The summed E-state index contributed by atoms with van der Waals surface area (Å²) in [5.74, 6) is -3.15. The van der Waals surface area contributed by atoms with E-state index in [1.807, 2.05) is 5.32 Å². The highest BCUT2D eigenvalue weighted by atomic mass is 19.4. The molecule has 0 aromatic carbocycles. The molecule has 3 amide bonds. The number of alkyl halides is 3. The van der Waals surface area contributed by atoms with Crippen molar-refractivity contribution in [1.82, 2.24) is 15.8 Å². The summed E-state index contributed by atoms with van der Waals surface area (Å²) in [5.41, 5.74) is 1.62. The van der Waals surface area contributed by atoms with Gasteiger partial charge >= 0.3 is 12.1 Å². The van der Waals surface area contributed by atoms with Crippen molar-refractivity contribution in [2.24, 2.45) is 0 Å².